The van der Waals surface area contributed by atoms with Gasteiger partial charge in [-0.1, -0.05) is 30.3 Å². The molecule has 4 aromatic rings. The number of rotatable bonds is 5. The first kappa shape index (κ1) is 16.3. The number of aryl methyl sites for hydroxylation is 3. The molecule has 4 rings (SSSR count). The number of methoxy groups -OCH3 is 1. The van der Waals surface area contributed by atoms with Gasteiger partial charge in [0.1, 0.15) is 17.4 Å². The Kier molecular flexibility index (Phi) is 4.35. The molecule has 130 valence electrons. The van der Waals surface area contributed by atoms with Crippen molar-refractivity contribution in [2.75, 3.05) is 7.11 Å². The van der Waals surface area contributed by atoms with Gasteiger partial charge in [0.15, 0.2) is 0 Å². The summed E-state index contributed by atoms with van der Waals surface area (Å²) in [4.78, 5) is 13.9. The van der Waals surface area contributed by atoms with Gasteiger partial charge in [-0.15, -0.1) is 0 Å². The number of benzene rings is 2. The topological polar surface area (TPSA) is 52.8 Å². The van der Waals surface area contributed by atoms with E-state index in [0.717, 1.165) is 52.4 Å². The Morgan fingerprint density at radius 2 is 1.85 bits per heavy atom. The molecule has 0 fully saturated rings. The van der Waals surface area contributed by atoms with Crippen molar-refractivity contribution in [2.24, 2.45) is 7.05 Å². The molecule has 2 aromatic carbocycles. The fourth-order valence-corrected chi connectivity index (χ4v) is 3.00. The fourth-order valence-electron chi connectivity index (χ4n) is 3.00. The predicted octanol–water partition coefficient (Wildman–Crippen LogP) is 3.82. The van der Waals surface area contributed by atoms with E-state index in [4.69, 9.17) is 9.72 Å². The highest BCUT2D eigenvalue weighted by Gasteiger charge is 2.09. The molecular weight excluding hydrogens is 324 g/mol. The van der Waals surface area contributed by atoms with Gasteiger partial charge in [0, 0.05) is 49.3 Å². The summed E-state index contributed by atoms with van der Waals surface area (Å²) in [5.41, 5.74) is 3.02. The Balaban J connectivity index is 1.54. The van der Waals surface area contributed by atoms with Crippen molar-refractivity contribution in [1.82, 2.24) is 19.5 Å². The SMILES string of the molecule is COc1ccc2cnc(CCc3nc(-c4ccccc4)cn3C)nc2c1. The molecule has 0 spiro atoms. The second-order valence-corrected chi connectivity index (χ2v) is 6.23. The molecule has 0 radical (unpaired) electrons. The van der Waals surface area contributed by atoms with E-state index in [1.807, 2.05) is 49.6 Å². The van der Waals surface area contributed by atoms with Gasteiger partial charge in [-0.3, -0.25) is 0 Å². The van der Waals surface area contributed by atoms with Crippen molar-refractivity contribution in [3.63, 3.8) is 0 Å². The van der Waals surface area contributed by atoms with Gasteiger partial charge in [0.2, 0.25) is 0 Å². The van der Waals surface area contributed by atoms with Crippen molar-refractivity contribution < 1.29 is 4.74 Å². The van der Waals surface area contributed by atoms with Crippen LogP contribution in [0.15, 0.2) is 60.9 Å². The summed E-state index contributed by atoms with van der Waals surface area (Å²) >= 11 is 0. The largest absolute Gasteiger partial charge is 0.497 e. The number of fused-ring (bicyclic) bond motifs is 1. The molecule has 2 heterocycles. The summed E-state index contributed by atoms with van der Waals surface area (Å²) in [6.45, 7) is 0. The first-order valence-corrected chi connectivity index (χ1v) is 8.60. The quantitative estimate of drug-likeness (QED) is 0.552. The molecule has 0 saturated heterocycles. The standard InChI is InChI=1S/C21H20N4O/c1-25-14-19(15-6-4-3-5-7-15)24-21(25)11-10-20-22-13-16-8-9-17(26-2)12-18(16)23-20/h3-9,12-14H,10-11H2,1-2H3. The number of aromatic nitrogens is 4. The van der Waals surface area contributed by atoms with Crippen LogP contribution in [0, 0.1) is 0 Å². The molecule has 5 heteroatoms. The molecule has 0 saturated carbocycles. The van der Waals surface area contributed by atoms with E-state index in [2.05, 4.69) is 32.9 Å². The van der Waals surface area contributed by atoms with Crippen LogP contribution in [0.25, 0.3) is 22.2 Å². The van der Waals surface area contributed by atoms with E-state index in [0.29, 0.717) is 0 Å². The third-order valence-corrected chi connectivity index (χ3v) is 4.45. The van der Waals surface area contributed by atoms with Crippen LogP contribution in [-0.2, 0) is 19.9 Å². The third-order valence-electron chi connectivity index (χ3n) is 4.45. The Morgan fingerprint density at radius 1 is 1.00 bits per heavy atom. The lowest BCUT2D eigenvalue weighted by atomic mass is 10.2. The summed E-state index contributed by atoms with van der Waals surface area (Å²) < 4.78 is 7.35. The lowest BCUT2D eigenvalue weighted by Gasteiger charge is -2.04. The maximum absolute atomic E-state index is 5.28. The lowest BCUT2D eigenvalue weighted by Crippen LogP contribution is -2.03. The summed E-state index contributed by atoms with van der Waals surface area (Å²) in [5.74, 6) is 2.65. The highest BCUT2D eigenvalue weighted by Crippen LogP contribution is 2.20. The molecule has 0 aliphatic rings. The summed E-state index contributed by atoms with van der Waals surface area (Å²) in [7, 11) is 3.69. The van der Waals surface area contributed by atoms with E-state index in [1.54, 1.807) is 7.11 Å². The average Bonchev–Trinajstić information content (AvgIpc) is 3.07. The van der Waals surface area contributed by atoms with Gasteiger partial charge in [0.05, 0.1) is 18.3 Å². The molecule has 2 aromatic heterocycles. The number of nitrogens with zero attached hydrogens (tertiary/aromatic N) is 4. The number of ether oxygens (including phenoxy) is 1. The van der Waals surface area contributed by atoms with Crippen LogP contribution < -0.4 is 4.74 Å². The van der Waals surface area contributed by atoms with Gasteiger partial charge in [0.25, 0.3) is 0 Å². The van der Waals surface area contributed by atoms with Gasteiger partial charge in [-0.05, 0) is 12.1 Å². The maximum Gasteiger partial charge on any atom is 0.129 e. The van der Waals surface area contributed by atoms with Gasteiger partial charge in [-0.25, -0.2) is 15.0 Å². The van der Waals surface area contributed by atoms with Crippen LogP contribution >= 0.6 is 0 Å². The van der Waals surface area contributed by atoms with E-state index >= 15 is 0 Å². The summed E-state index contributed by atoms with van der Waals surface area (Å²) in [5, 5.41) is 1.01. The van der Waals surface area contributed by atoms with Crippen molar-refractivity contribution in [2.45, 2.75) is 12.8 Å². The molecule has 26 heavy (non-hydrogen) atoms. The zero-order chi connectivity index (χ0) is 17.9. The molecule has 0 N–H and O–H groups in total. The number of imidazole rings is 1. The molecule has 0 aliphatic heterocycles. The van der Waals surface area contributed by atoms with Crippen LogP contribution in [0.5, 0.6) is 5.75 Å². The third kappa shape index (κ3) is 3.28. The maximum atomic E-state index is 5.28. The number of hydrogen-bond acceptors (Lipinski definition) is 4. The molecule has 0 aliphatic carbocycles. The lowest BCUT2D eigenvalue weighted by molar-refractivity contribution is 0.415. The minimum atomic E-state index is 0.742. The molecular formula is C21H20N4O. The summed E-state index contributed by atoms with van der Waals surface area (Å²) in [6.07, 6.45) is 5.47. The second-order valence-electron chi connectivity index (χ2n) is 6.23. The van der Waals surface area contributed by atoms with Crippen LogP contribution in [0.1, 0.15) is 11.6 Å². The second kappa shape index (κ2) is 6.96. The Hall–Kier alpha value is -3.21. The van der Waals surface area contributed by atoms with Crippen LogP contribution in [0.3, 0.4) is 0 Å². The van der Waals surface area contributed by atoms with Crippen molar-refractivity contribution in [1.29, 1.82) is 0 Å². The number of hydrogen-bond donors (Lipinski definition) is 0. The van der Waals surface area contributed by atoms with Crippen molar-refractivity contribution in [3.8, 4) is 17.0 Å². The molecule has 0 atom stereocenters. The Bertz CT molecular complexity index is 1040. The first-order chi connectivity index (χ1) is 12.7. The van der Waals surface area contributed by atoms with Crippen LogP contribution in [0.4, 0.5) is 0 Å². The van der Waals surface area contributed by atoms with Crippen molar-refractivity contribution in [3.05, 3.63) is 72.6 Å². The Morgan fingerprint density at radius 3 is 2.65 bits per heavy atom. The predicted molar refractivity (Wildman–Crippen MR) is 102 cm³/mol. The smallest absolute Gasteiger partial charge is 0.129 e. The van der Waals surface area contributed by atoms with Crippen molar-refractivity contribution >= 4 is 10.9 Å². The minimum Gasteiger partial charge on any atom is -0.497 e. The van der Waals surface area contributed by atoms with E-state index in [1.165, 1.54) is 0 Å². The van der Waals surface area contributed by atoms with E-state index < -0.39 is 0 Å². The Labute approximate surface area is 152 Å². The zero-order valence-electron chi connectivity index (χ0n) is 14.9. The molecule has 5 nitrogen and oxygen atoms in total. The van der Waals surface area contributed by atoms with Crippen LogP contribution in [0.2, 0.25) is 0 Å². The highest BCUT2D eigenvalue weighted by molar-refractivity contribution is 5.79. The molecule has 0 unspecified atom stereocenters. The minimum absolute atomic E-state index is 0.742. The molecule has 0 amide bonds. The van der Waals surface area contributed by atoms with Gasteiger partial charge < -0.3 is 9.30 Å². The normalized spacial score (nSPS) is 11.0. The summed E-state index contributed by atoms with van der Waals surface area (Å²) in [6, 6.07) is 16.1. The van der Waals surface area contributed by atoms with Crippen LogP contribution in [-0.4, -0.2) is 26.6 Å². The zero-order valence-corrected chi connectivity index (χ0v) is 14.9. The monoisotopic (exact) mass is 344 g/mol. The molecule has 0 bridgehead atoms. The van der Waals surface area contributed by atoms with Gasteiger partial charge in [-0.2, -0.15) is 0 Å². The average molecular weight is 344 g/mol. The highest BCUT2D eigenvalue weighted by atomic mass is 16.5. The van der Waals surface area contributed by atoms with E-state index in [9.17, 15) is 0 Å². The van der Waals surface area contributed by atoms with E-state index in [-0.39, 0.29) is 0 Å². The first-order valence-electron chi connectivity index (χ1n) is 8.60. The fraction of sp³-hybridized carbons (Fsp3) is 0.190. The van der Waals surface area contributed by atoms with Gasteiger partial charge >= 0.3 is 0 Å².